The van der Waals surface area contributed by atoms with Crippen molar-refractivity contribution in [2.24, 2.45) is 0 Å². The molecule has 0 spiro atoms. The van der Waals surface area contributed by atoms with Gasteiger partial charge in [-0.15, -0.1) is 0 Å². The second-order valence-corrected chi connectivity index (χ2v) is 4.16. The Kier molecular flexibility index (Phi) is 4.52. The van der Waals surface area contributed by atoms with Crippen LogP contribution in [0.4, 0.5) is 4.39 Å². The van der Waals surface area contributed by atoms with Crippen LogP contribution in [-0.4, -0.2) is 53.3 Å². The number of hydrogen-bond acceptors (Lipinski definition) is 3. The highest BCUT2D eigenvalue weighted by Crippen LogP contribution is 2.16. The second kappa shape index (κ2) is 5.44. The average Bonchev–Trinajstić information content (AvgIpc) is 2.15. The average molecular weight is 207 g/mol. The van der Waals surface area contributed by atoms with Crippen LogP contribution in [0.15, 0.2) is 0 Å². The summed E-state index contributed by atoms with van der Waals surface area (Å²) < 4.78 is 11.9. The third-order valence-corrected chi connectivity index (χ3v) is 3.13. The molecule has 1 unspecified atom stereocenters. The van der Waals surface area contributed by atoms with Gasteiger partial charge < -0.3 is 5.11 Å². The maximum atomic E-state index is 11.9. The zero-order valence-electron chi connectivity index (χ0n) is 7.41. The number of carbonyl (C=O) groups is 1. The molecule has 5 heteroatoms. The molecule has 1 aliphatic rings. The van der Waals surface area contributed by atoms with Crippen molar-refractivity contribution in [3.05, 3.63) is 0 Å². The Morgan fingerprint density at radius 1 is 1.69 bits per heavy atom. The molecule has 0 amide bonds. The molecule has 1 N–H and O–H groups in total. The minimum absolute atomic E-state index is 0.365. The van der Waals surface area contributed by atoms with E-state index in [2.05, 4.69) is 0 Å². The molecule has 76 valence electrons. The molecule has 1 heterocycles. The van der Waals surface area contributed by atoms with Crippen LogP contribution in [0, 0.1) is 0 Å². The zero-order chi connectivity index (χ0) is 9.68. The Hall–Kier alpha value is -0.290. The van der Waals surface area contributed by atoms with E-state index in [-0.39, 0.29) is 6.67 Å². The van der Waals surface area contributed by atoms with E-state index in [4.69, 9.17) is 5.11 Å². The third kappa shape index (κ3) is 3.15. The predicted octanol–water partition coefficient (Wildman–Crippen LogP) is 0.848. The Morgan fingerprint density at radius 2 is 2.46 bits per heavy atom. The molecular weight excluding hydrogens is 193 g/mol. The molecule has 1 rings (SSSR count). The number of nitrogens with zero attached hydrogens (tertiary/aromatic N) is 1. The van der Waals surface area contributed by atoms with Crippen LogP contribution in [0.2, 0.25) is 0 Å². The minimum Gasteiger partial charge on any atom is -0.480 e. The van der Waals surface area contributed by atoms with E-state index in [9.17, 15) is 9.18 Å². The number of carboxylic acid groups (broad SMARTS) is 1. The fraction of sp³-hybridized carbons (Fsp3) is 0.875. The molecule has 0 aliphatic carbocycles. The van der Waals surface area contributed by atoms with Gasteiger partial charge in [-0.3, -0.25) is 14.1 Å². The number of thioether (sulfide) groups is 1. The Morgan fingerprint density at radius 3 is 3.08 bits per heavy atom. The van der Waals surface area contributed by atoms with Crippen LogP contribution >= 0.6 is 11.8 Å². The molecule has 0 bridgehead atoms. The molecule has 1 saturated heterocycles. The summed E-state index contributed by atoms with van der Waals surface area (Å²) in [5.41, 5.74) is 0. The summed E-state index contributed by atoms with van der Waals surface area (Å²) in [6, 6.07) is -0.412. The van der Waals surface area contributed by atoms with Crippen LogP contribution in [0.5, 0.6) is 0 Å². The van der Waals surface area contributed by atoms with Crippen molar-refractivity contribution in [1.29, 1.82) is 0 Å². The topological polar surface area (TPSA) is 40.5 Å². The Bertz CT molecular complexity index is 180. The van der Waals surface area contributed by atoms with E-state index in [0.29, 0.717) is 18.7 Å². The van der Waals surface area contributed by atoms with Crippen molar-refractivity contribution in [3.63, 3.8) is 0 Å². The van der Waals surface area contributed by atoms with Gasteiger partial charge in [0.25, 0.3) is 0 Å². The number of aliphatic carboxylic acids is 1. The summed E-state index contributed by atoms with van der Waals surface area (Å²) in [6.45, 7) is 0.964. The molecule has 13 heavy (non-hydrogen) atoms. The summed E-state index contributed by atoms with van der Waals surface area (Å²) in [7, 11) is 0. The first-order chi connectivity index (χ1) is 6.25. The van der Waals surface area contributed by atoms with Gasteiger partial charge in [-0.1, -0.05) is 0 Å². The van der Waals surface area contributed by atoms with Gasteiger partial charge >= 0.3 is 5.97 Å². The molecule has 3 nitrogen and oxygen atoms in total. The lowest BCUT2D eigenvalue weighted by molar-refractivity contribution is -0.142. The number of hydrogen-bond donors (Lipinski definition) is 1. The first kappa shape index (κ1) is 10.8. The Balaban J connectivity index is 2.41. The van der Waals surface area contributed by atoms with E-state index >= 15 is 0 Å². The van der Waals surface area contributed by atoms with Gasteiger partial charge in [0.1, 0.15) is 6.04 Å². The first-order valence-electron chi connectivity index (χ1n) is 4.36. The van der Waals surface area contributed by atoms with E-state index in [1.807, 2.05) is 4.90 Å². The van der Waals surface area contributed by atoms with Crippen molar-refractivity contribution in [3.8, 4) is 0 Å². The SMILES string of the molecule is O=C(O)C1CSCCN1CCCF. The number of rotatable bonds is 4. The van der Waals surface area contributed by atoms with Crippen molar-refractivity contribution in [1.82, 2.24) is 4.90 Å². The fourth-order valence-corrected chi connectivity index (χ4v) is 2.50. The number of carboxylic acids is 1. The molecule has 0 aromatic rings. The highest BCUT2D eigenvalue weighted by atomic mass is 32.2. The summed E-state index contributed by atoms with van der Waals surface area (Å²) in [4.78, 5) is 12.6. The highest BCUT2D eigenvalue weighted by molar-refractivity contribution is 7.99. The first-order valence-corrected chi connectivity index (χ1v) is 5.51. The van der Waals surface area contributed by atoms with Gasteiger partial charge in [-0.25, -0.2) is 0 Å². The van der Waals surface area contributed by atoms with Crippen molar-refractivity contribution >= 4 is 17.7 Å². The van der Waals surface area contributed by atoms with E-state index in [1.165, 1.54) is 0 Å². The molecule has 0 aromatic heterocycles. The van der Waals surface area contributed by atoms with Gasteiger partial charge in [0.05, 0.1) is 6.67 Å². The van der Waals surface area contributed by atoms with Gasteiger partial charge in [0.15, 0.2) is 0 Å². The van der Waals surface area contributed by atoms with Crippen molar-refractivity contribution < 1.29 is 14.3 Å². The van der Waals surface area contributed by atoms with Gasteiger partial charge in [0.2, 0.25) is 0 Å². The quantitative estimate of drug-likeness (QED) is 0.742. The van der Waals surface area contributed by atoms with Crippen LogP contribution in [0.25, 0.3) is 0 Å². The monoisotopic (exact) mass is 207 g/mol. The second-order valence-electron chi connectivity index (χ2n) is 3.01. The molecule has 1 aliphatic heterocycles. The maximum Gasteiger partial charge on any atom is 0.321 e. The van der Waals surface area contributed by atoms with E-state index in [0.717, 1.165) is 12.3 Å². The predicted molar refractivity (Wildman–Crippen MR) is 50.9 cm³/mol. The summed E-state index contributed by atoms with van der Waals surface area (Å²) in [5.74, 6) is 0.795. The summed E-state index contributed by atoms with van der Waals surface area (Å²) >= 11 is 1.65. The van der Waals surface area contributed by atoms with Gasteiger partial charge in [0, 0.05) is 24.6 Å². The molecule has 0 saturated carbocycles. The van der Waals surface area contributed by atoms with Crippen LogP contribution in [0.1, 0.15) is 6.42 Å². The third-order valence-electron chi connectivity index (χ3n) is 2.10. The number of alkyl halides is 1. The van der Waals surface area contributed by atoms with Crippen LogP contribution in [0.3, 0.4) is 0 Å². The minimum atomic E-state index is -0.786. The maximum absolute atomic E-state index is 11.9. The van der Waals surface area contributed by atoms with Crippen LogP contribution < -0.4 is 0 Å². The lowest BCUT2D eigenvalue weighted by atomic mass is 10.2. The molecule has 1 atom stereocenters. The molecular formula is C8H14FNO2S. The normalized spacial score (nSPS) is 24.5. The van der Waals surface area contributed by atoms with Crippen molar-refractivity contribution in [2.75, 3.05) is 31.3 Å². The lowest BCUT2D eigenvalue weighted by Gasteiger charge is -2.32. The van der Waals surface area contributed by atoms with Gasteiger partial charge in [-0.2, -0.15) is 11.8 Å². The molecule has 0 aromatic carbocycles. The largest absolute Gasteiger partial charge is 0.480 e. The molecule has 1 fully saturated rings. The summed E-state index contributed by atoms with van der Waals surface area (Å²) in [6.07, 6.45) is 0.439. The van der Waals surface area contributed by atoms with Crippen LogP contribution in [-0.2, 0) is 4.79 Å². The highest BCUT2D eigenvalue weighted by Gasteiger charge is 2.27. The standard InChI is InChI=1S/C8H14FNO2S/c9-2-1-3-10-4-5-13-6-7(10)8(11)12/h7H,1-6H2,(H,11,12). The fourth-order valence-electron chi connectivity index (χ4n) is 1.40. The smallest absolute Gasteiger partial charge is 0.321 e. The van der Waals surface area contributed by atoms with E-state index < -0.39 is 12.0 Å². The van der Waals surface area contributed by atoms with E-state index in [1.54, 1.807) is 11.8 Å². The van der Waals surface area contributed by atoms with Gasteiger partial charge in [-0.05, 0) is 6.42 Å². The van der Waals surface area contributed by atoms with Crippen molar-refractivity contribution in [2.45, 2.75) is 12.5 Å². The summed E-state index contributed by atoms with van der Waals surface area (Å²) in [5, 5.41) is 8.86. The number of halogens is 1. The molecule has 0 radical (unpaired) electrons. The lowest BCUT2D eigenvalue weighted by Crippen LogP contribution is -2.47. The zero-order valence-corrected chi connectivity index (χ0v) is 8.23. The Labute approximate surface area is 81.3 Å².